The molecule has 0 aliphatic rings. The zero-order valence-corrected chi connectivity index (χ0v) is 20.5. The number of hydrogen-bond acceptors (Lipinski definition) is 5. The van der Waals surface area contributed by atoms with Crippen LogP contribution in [0, 0.1) is 20.8 Å². The molecule has 0 unspecified atom stereocenters. The smallest absolute Gasteiger partial charge is 0.245 e. The van der Waals surface area contributed by atoms with E-state index in [1.54, 1.807) is 23.5 Å². The van der Waals surface area contributed by atoms with Crippen LogP contribution in [0.25, 0.3) is 20.8 Å². The topological polar surface area (TPSA) is 79.4 Å². The summed E-state index contributed by atoms with van der Waals surface area (Å²) in [5, 5.41) is 3.71. The van der Waals surface area contributed by atoms with Crippen molar-refractivity contribution in [3.8, 4) is 10.6 Å². The zero-order valence-electron chi connectivity index (χ0n) is 18.9. The molecule has 0 atom stereocenters. The number of fused-ring (bicyclic) bond motifs is 1. The maximum atomic E-state index is 12.7. The van der Waals surface area contributed by atoms with E-state index < -0.39 is 15.9 Å². The Bertz CT molecular complexity index is 1420. The number of aromatic nitrogens is 1. The Morgan fingerprint density at radius 3 is 2.30 bits per heavy atom. The Hall–Kier alpha value is -3.23. The number of carbonyl (C=O) groups is 1. The fourth-order valence-electron chi connectivity index (χ4n) is 3.74. The minimum Gasteiger partial charge on any atom is -0.325 e. The fraction of sp³-hybridized carbons (Fsp3) is 0.200. The third-order valence-corrected chi connectivity index (χ3v) is 7.52. The van der Waals surface area contributed by atoms with E-state index in [2.05, 4.69) is 23.3 Å². The second-order valence-electron chi connectivity index (χ2n) is 8.13. The SMILES string of the molecule is Cc1ccc2nc(-c3ccc(NC(=O)CN(c4c(C)cccc4C)S(C)(=O)=O)cc3)sc2c1. The molecule has 1 aromatic heterocycles. The standard InChI is InChI=1S/C25H25N3O3S2/c1-16-8-13-21-22(14-16)32-25(27-21)19-9-11-20(12-10-19)26-23(29)15-28(33(4,30)31)24-17(2)6-5-7-18(24)3/h5-14H,15H2,1-4H3,(H,26,29). The van der Waals surface area contributed by atoms with E-state index in [9.17, 15) is 13.2 Å². The number of hydrogen-bond donors (Lipinski definition) is 1. The summed E-state index contributed by atoms with van der Waals surface area (Å²) in [6, 6.07) is 19.1. The van der Waals surface area contributed by atoms with Gasteiger partial charge in [-0.15, -0.1) is 11.3 Å². The van der Waals surface area contributed by atoms with Gasteiger partial charge in [0.25, 0.3) is 0 Å². The molecule has 0 radical (unpaired) electrons. The molecule has 0 aliphatic heterocycles. The second kappa shape index (κ2) is 8.96. The lowest BCUT2D eigenvalue weighted by Gasteiger charge is -2.25. The van der Waals surface area contributed by atoms with Crippen LogP contribution in [0.1, 0.15) is 16.7 Å². The minimum absolute atomic E-state index is 0.302. The molecule has 8 heteroatoms. The van der Waals surface area contributed by atoms with Crippen LogP contribution in [0.15, 0.2) is 60.7 Å². The van der Waals surface area contributed by atoms with Gasteiger partial charge in [-0.2, -0.15) is 0 Å². The fourth-order valence-corrected chi connectivity index (χ4v) is 5.78. The molecule has 4 rings (SSSR count). The highest BCUT2D eigenvalue weighted by Gasteiger charge is 2.24. The van der Waals surface area contributed by atoms with Crippen molar-refractivity contribution in [1.82, 2.24) is 4.98 Å². The Labute approximate surface area is 198 Å². The summed E-state index contributed by atoms with van der Waals surface area (Å²) in [5.41, 5.74) is 5.84. The summed E-state index contributed by atoms with van der Waals surface area (Å²) in [5.74, 6) is -0.411. The molecular formula is C25H25N3O3S2. The van der Waals surface area contributed by atoms with E-state index in [1.807, 2.05) is 56.3 Å². The van der Waals surface area contributed by atoms with E-state index >= 15 is 0 Å². The van der Waals surface area contributed by atoms with Gasteiger partial charge in [-0.05, 0) is 73.9 Å². The van der Waals surface area contributed by atoms with Crippen LogP contribution in [-0.2, 0) is 14.8 Å². The van der Waals surface area contributed by atoms with Crippen LogP contribution >= 0.6 is 11.3 Å². The highest BCUT2D eigenvalue weighted by atomic mass is 32.2. The first-order valence-electron chi connectivity index (χ1n) is 10.4. The molecule has 0 fully saturated rings. The number of aryl methyl sites for hydroxylation is 3. The van der Waals surface area contributed by atoms with E-state index in [-0.39, 0.29) is 6.54 Å². The van der Waals surface area contributed by atoms with Gasteiger partial charge in [0.2, 0.25) is 15.9 Å². The van der Waals surface area contributed by atoms with Gasteiger partial charge in [-0.25, -0.2) is 13.4 Å². The van der Waals surface area contributed by atoms with Crippen molar-refractivity contribution in [2.45, 2.75) is 20.8 Å². The summed E-state index contributed by atoms with van der Waals surface area (Å²) in [6.07, 6.45) is 1.11. The zero-order chi connectivity index (χ0) is 23.8. The maximum absolute atomic E-state index is 12.7. The number of rotatable bonds is 6. The molecule has 170 valence electrons. The van der Waals surface area contributed by atoms with Crippen LogP contribution in [0.5, 0.6) is 0 Å². The molecule has 0 saturated heterocycles. The molecule has 0 spiro atoms. The minimum atomic E-state index is -3.64. The molecule has 0 aliphatic carbocycles. The highest BCUT2D eigenvalue weighted by Crippen LogP contribution is 2.31. The number of nitrogens with zero attached hydrogens (tertiary/aromatic N) is 2. The van der Waals surface area contributed by atoms with Crippen molar-refractivity contribution in [1.29, 1.82) is 0 Å². The lowest BCUT2D eigenvalue weighted by atomic mass is 10.1. The van der Waals surface area contributed by atoms with Gasteiger partial charge in [-0.1, -0.05) is 24.3 Å². The Balaban J connectivity index is 1.51. The van der Waals surface area contributed by atoms with Crippen LogP contribution < -0.4 is 9.62 Å². The molecule has 33 heavy (non-hydrogen) atoms. The Kier molecular flexibility index (Phi) is 6.23. The number of sulfonamides is 1. The molecule has 1 heterocycles. The van der Waals surface area contributed by atoms with Crippen molar-refractivity contribution >= 4 is 48.9 Å². The number of benzene rings is 3. The van der Waals surface area contributed by atoms with Crippen molar-refractivity contribution in [2.24, 2.45) is 0 Å². The van der Waals surface area contributed by atoms with Crippen molar-refractivity contribution in [3.63, 3.8) is 0 Å². The summed E-state index contributed by atoms with van der Waals surface area (Å²) >= 11 is 1.62. The Morgan fingerprint density at radius 1 is 1.00 bits per heavy atom. The largest absolute Gasteiger partial charge is 0.325 e. The van der Waals surface area contributed by atoms with Gasteiger partial charge in [0.1, 0.15) is 11.6 Å². The lowest BCUT2D eigenvalue weighted by Crippen LogP contribution is -2.38. The first-order chi connectivity index (χ1) is 15.6. The molecular weight excluding hydrogens is 454 g/mol. The van der Waals surface area contributed by atoms with Gasteiger partial charge >= 0.3 is 0 Å². The van der Waals surface area contributed by atoms with E-state index in [1.165, 1.54) is 5.56 Å². The predicted molar refractivity (Wildman–Crippen MR) is 137 cm³/mol. The Morgan fingerprint density at radius 2 is 1.67 bits per heavy atom. The number of carbonyl (C=O) groups excluding carboxylic acids is 1. The maximum Gasteiger partial charge on any atom is 0.245 e. The molecule has 4 aromatic rings. The average Bonchev–Trinajstić information content (AvgIpc) is 3.16. The van der Waals surface area contributed by atoms with Crippen molar-refractivity contribution in [2.75, 3.05) is 22.4 Å². The molecule has 1 amide bonds. The second-order valence-corrected chi connectivity index (χ2v) is 11.1. The van der Waals surface area contributed by atoms with Crippen LogP contribution in [-0.4, -0.2) is 32.1 Å². The van der Waals surface area contributed by atoms with E-state index in [4.69, 9.17) is 0 Å². The molecule has 1 N–H and O–H groups in total. The third-order valence-electron chi connectivity index (χ3n) is 5.34. The lowest BCUT2D eigenvalue weighted by molar-refractivity contribution is -0.114. The average molecular weight is 480 g/mol. The number of thiazole rings is 1. The van der Waals surface area contributed by atoms with Gasteiger partial charge in [0.15, 0.2) is 0 Å². The number of amides is 1. The summed E-state index contributed by atoms with van der Waals surface area (Å²) in [7, 11) is -3.64. The summed E-state index contributed by atoms with van der Waals surface area (Å²) in [6.45, 7) is 5.42. The van der Waals surface area contributed by atoms with E-state index in [0.717, 1.165) is 42.5 Å². The first kappa shape index (κ1) is 22.9. The molecule has 0 bridgehead atoms. The van der Waals surface area contributed by atoms with Gasteiger partial charge in [0.05, 0.1) is 22.2 Å². The third kappa shape index (κ3) is 5.07. The number of anilines is 2. The van der Waals surface area contributed by atoms with Crippen LogP contribution in [0.4, 0.5) is 11.4 Å². The monoisotopic (exact) mass is 479 g/mol. The summed E-state index contributed by atoms with van der Waals surface area (Å²) in [4.78, 5) is 17.4. The molecule has 6 nitrogen and oxygen atoms in total. The first-order valence-corrected chi connectivity index (χ1v) is 13.1. The van der Waals surface area contributed by atoms with Crippen molar-refractivity contribution < 1.29 is 13.2 Å². The quantitative estimate of drug-likeness (QED) is 0.407. The van der Waals surface area contributed by atoms with E-state index in [0.29, 0.717) is 11.4 Å². The van der Waals surface area contributed by atoms with Gasteiger partial charge in [0, 0.05) is 11.3 Å². The summed E-state index contributed by atoms with van der Waals surface area (Å²) < 4.78 is 27.2. The predicted octanol–water partition coefficient (Wildman–Crippen LogP) is 5.29. The highest BCUT2D eigenvalue weighted by molar-refractivity contribution is 7.92. The van der Waals surface area contributed by atoms with Crippen LogP contribution in [0.2, 0.25) is 0 Å². The van der Waals surface area contributed by atoms with Crippen LogP contribution in [0.3, 0.4) is 0 Å². The molecule has 0 saturated carbocycles. The number of nitrogens with one attached hydrogen (secondary N) is 1. The molecule has 3 aromatic carbocycles. The van der Waals surface area contributed by atoms with Gasteiger partial charge < -0.3 is 5.32 Å². The number of para-hydroxylation sites is 1. The normalized spacial score (nSPS) is 11.5. The van der Waals surface area contributed by atoms with Gasteiger partial charge in [-0.3, -0.25) is 9.10 Å². The van der Waals surface area contributed by atoms with Crippen molar-refractivity contribution in [3.05, 3.63) is 77.4 Å².